The molecule has 2 aromatic rings. The van der Waals surface area contributed by atoms with Gasteiger partial charge in [-0.25, -0.2) is 9.07 Å². The molecule has 0 bridgehead atoms. The highest BCUT2D eigenvalue weighted by Gasteiger charge is 2.11. The first-order valence-electron chi connectivity index (χ1n) is 5.39. The standard InChI is InChI=1S/C11H14FN5/c1-7(2)6-17-11(14-15-16-17)8-3-4-10(13)9(12)5-8/h3-5,7H,6,13H2,1-2H3. The highest BCUT2D eigenvalue weighted by molar-refractivity contribution is 5.58. The second-order valence-electron chi connectivity index (χ2n) is 4.31. The Hall–Kier alpha value is -1.98. The molecule has 1 aromatic carbocycles. The van der Waals surface area contributed by atoms with Crippen LogP contribution in [-0.4, -0.2) is 20.2 Å². The normalized spacial score (nSPS) is 11.1. The molecule has 0 fully saturated rings. The van der Waals surface area contributed by atoms with Gasteiger partial charge in [-0.1, -0.05) is 13.8 Å². The molecule has 17 heavy (non-hydrogen) atoms. The molecule has 0 saturated heterocycles. The van der Waals surface area contributed by atoms with Crippen LogP contribution in [0.1, 0.15) is 13.8 Å². The Labute approximate surface area is 98.4 Å². The van der Waals surface area contributed by atoms with Gasteiger partial charge in [0.2, 0.25) is 0 Å². The largest absolute Gasteiger partial charge is 0.396 e. The fourth-order valence-corrected chi connectivity index (χ4v) is 1.55. The Bertz CT molecular complexity index is 520. The number of hydrogen-bond donors (Lipinski definition) is 1. The van der Waals surface area contributed by atoms with Crippen LogP contribution in [0.3, 0.4) is 0 Å². The van der Waals surface area contributed by atoms with Crippen molar-refractivity contribution in [2.45, 2.75) is 20.4 Å². The fourth-order valence-electron chi connectivity index (χ4n) is 1.55. The lowest BCUT2D eigenvalue weighted by Crippen LogP contribution is -2.08. The van der Waals surface area contributed by atoms with E-state index in [1.165, 1.54) is 12.1 Å². The molecule has 5 nitrogen and oxygen atoms in total. The molecule has 0 aliphatic carbocycles. The van der Waals surface area contributed by atoms with Gasteiger partial charge in [-0.3, -0.25) is 0 Å². The fraction of sp³-hybridized carbons (Fsp3) is 0.364. The number of benzene rings is 1. The van der Waals surface area contributed by atoms with Crippen molar-refractivity contribution in [3.63, 3.8) is 0 Å². The number of halogens is 1. The van der Waals surface area contributed by atoms with Gasteiger partial charge in [0, 0.05) is 12.1 Å². The Balaban J connectivity index is 2.39. The van der Waals surface area contributed by atoms with E-state index >= 15 is 0 Å². The number of nitrogen functional groups attached to an aromatic ring is 1. The lowest BCUT2D eigenvalue weighted by molar-refractivity contribution is 0.475. The summed E-state index contributed by atoms with van der Waals surface area (Å²) in [6.07, 6.45) is 0. The van der Waals surface area contributed by atoms with Gasteiger partial charge in [0.25, 0.3) is 0 Å². The SMILES string of the molecule is CC(C)Cn1nnnc1-c1ccc(N)c(F)c1. The van der Waals surface area contributed by atoms with Crippen molar-refractivity contribution in [2.75, 3.05) is 5.73 Å². The highest BCUT2D eigenvalue weighted by Crippen LogP contribution is 2.20. The first-order valence-corrected chi connectivity index (χ1v) is 5.39. The summed E-state index contributed by atoms with van der Waals surface area (Å²) in [5.74, 6) is 0.509. The van der Waals surface area contributed by atoms with Gasteiger partial charge in [0.15, 0.2) is 5.82 Å². The average Bonchev–Trinajstić information content (AvgIpc) is 2.69. The van der Waals surface area contributed by atoms with Crippen LogP contribution in [0.5, 0.6) is 0 Å². The number of nitrogens with two attached hydrogens (primary N) is 1. The van der Waals surface area contributed by atoms with E-state index in [1.807, 2.05) is 0 Å². The summed E-state index contributed by atoms with van der Waals surface area (Å²) < 4.78 is 15.0. The summed E-state index contributed by atoms with van der Waals surface area (Å²) in [4.78, 5) is 0. The van der Waals surface area contributed by atoms with Gasteiger partial charge in [-0.15, -0.1) is 5.10 Å². The van der Waals surface area contributed by atoms with Crippen LogP contribution in [0.4, 0.5) is 10.1 Å². The van der Waals surface area contributed by atoms with E-state index < -0.39 is 5.82 Å². The van der Waals surface area contributed by atoms with E-state index in [1.54, 1.807) is 10.7 Å². The van der Waals surface area contributed by atoms with E-state index in [2.05, 4.69) is 29.4 Å². The number of tetrazole rings is 1. The monoisotopic (exact) mass is 235 g/mol. The summed E-state index contributed by atoms with van der Waals surface area (Å²) in [6, 6.07) is 4.57. The molecule has 1 heterocycles. The number of nitrogens with zero attached hydrogens (tertiary/aromatic N) is 4. The van der Waals surface area contributed by atoms with Gasteiger partial charge in [-0.05, 0) is 34.5 Å². The van der Waals surface area contributed by atoms with Crippen molar-refractivity contribution in [3.8, 4) is 11.4 Å². The zero-order chi connectivity index (χ0) is 12.4. The molecule has 6 heteroatoms. The molecular weight excluding hydrogens is 221 g/mol. The number of aromatic nitrogens is 4. The van der Waals surface area contributed by atoms with Crippen LogP contribution in [0.15, 0.2) is 18.2 Å². The molecule has 2 N–H and O–H groups in total. The summed E-state index contributed by atoms with van der Waals surface area (Å²) in [5, 5.41) is 11.4. The molecule has 0 unspecified atom stereocenters. The number of hydrogen-bond acceptors (Lipinski definition) is 4. The highest BCUT2D eigenvalue weighted by atomic mass is 19.1. The predicted octanol–water partition coefficient (Wildman–Crippen LogP) is 1.72. The first-order chi connectivity index (χ1) is 8.08. The third kappa shape index (κ3) is 2.41. The Morgan fingerprint density at radius 3 is 2.82 bits per heavy atom. The molecule has 0 aliphatic heterocycles. The minimum absolute atomic E-state index is 0.122. The number of rotatable bonds is 3. The summed E-state index contributed by atoms with van der Waals surface area (Å²) in [6.45, 7) is 4.82. The van der Waals surface area contributed by atoms with Gasteiger partial charge in [0.05, 0.1) is 5.69 Å². The van der Waals surface area contributed by atoms with Crippen LogP contribution in [0, 0.1) is 11.7 Å². The Morgan fingerprint density at radius 2 is 2.18 bits per heavy atom. The molecule has 0 atom stereocenters. The zero-order valence-corrected chi connectivity index (χ0v) is 9.76. The Kier molecular flexibility index (Phi) is 3.03. The molecular formula is C11H14FN5. The third-order valence-corrected chi connectivity index (χ3v) is 2.33. The lowest BCUT2D eigenvalue weighted by atomic mass is 10.1. The predicted molar refractivity (Wildman–Crippen MR) is 62.5 cm³/mol. The summed E-state index contributed by atoms with van der Waals surface area (Å²) in [5.41, 5.74) is 6.18. The van der Waals surface area contributed by atoms with E-state index in [4.69, 9.17) is 5.73 Å². The Morgan fingerprint density at radius 1 is 1.41 bits per heavy atom. The minimum Gasteiger partial charge on any atom is -0.396 e. The molecule has 0 amide bonds. The maximum absolute atomic E-state index is 13.4. The molecule has 90 valence electrons. The maximum Gasteiger partial charge on any atom is 0.182 e. The van der Waals surface area contributed by atoms with Crippen molar-refractivity contribution in [1.82, 2.24) is 20.2 Å². The smallest absolute Gasteiger partial charge is 0.182 e. The molecule has 0 saturated carbocycles. The van der Waals surface area contributed by atoms with Gasteiger partial charge >= 0.3 is 0 Å². The molecule has 0 spiro atoms. The van der Waals surface area contributed by atoms with E-state index in [9.17, 15) is 4.39 Å². The third-order valence-electron chi connectivity index (χ3n) is 2.33. The van der Waals surface area contributed by atoms with E-state index in [0.29, 0.717) is 23.9 Å². The zero-order valence-electron chi connectivity index (χ0n) is 9.76. The molecule has 2 rings (SSSR count). The quantitative estimate of drug-likeness (QED) is 0.822. The van der Waals surface area contributed by atoms with Gasteiger partial charge < -0.3 is 5.73 Å². The van der Waals surface area contributed by atoms with Crippen LogP contribution >= 0.6 is 0 Å². The number of anilines is 1. The van der Waals surface area contributed by atoms with Crippen molar-refractivity contribution < 1.29 is 4.39 Å². The summed E-state index contributed by atoms with van der Waals surface area (Å²) in [7, 11) is 0. The van der Waals surface area contributed by atoms with E-state index in [0.717, 1.165) is 0 Å². The summed E-state index contributed by atoms with van der Waals surface area (Å²) >= 11 is 0. The molecule has 1 aromatic heterocycles. The van der Waals surface area contributed by atoms with Crippen molar-refractivity contribution >= 4 is 5.69 Å². The molecule has 0 radical (unpaired) electrons. The van der Waals surface area contributed by atoms with Crippen LogP contribution in [0.25, 0.3) is 11.4 Å². The van der Waals surface area contributed by atoms with Crippen molar-refractivity contribution in [2.24, 2.45) is 5.92 Å². The van der Waals surface area contributed by atoms with Crippen LogP contribution in [-0.2, 0) is 6.54 Å². The van der Waals surface area contributed by atoms with E-state index in [-0.39, 0.29) is 5.69 Å². The topological polar surface area (TPSA) is 69.6 Å². The van der Waals surface area contributed by atoms with Crippen molar-refractivity contribution in [3.05, 3.63) is 24.0 Å². The maximum atomic E-state index is 13.4. The van der Waals surface area contributed by atoms with Gasteiger partial charge in [0.1, 0.15) is 5.82 Å². The van der Waals surface area contributed by atoms with Crippen LogP contribution < -0.4 is 5.73 Å². The van der Waals surface area contributed by atoms with Crippen LogP contribution in [0.2, 0.25) is 0 Å². The second kappa shape index (κ2) is 4.48. The average molecular weight is 235 g/mol. The molecule has 0 aliphatic rings. The van der Waals surface area contributed by atoms with Gasteiger partial charge in [-0.2, -0.15) is 0 Å². The minimum atomic E-state index is -0.457. The first kappa shape index (κ1) is 11.5. The second-order valence-corrected chi connectivity index (χ2v) is 4.31. The lowest BCUT2D eigenvalue weighted by Gasteiger charge is -2.07. The van der Waals surface area contributed by atoms with Crippen molar-refractivity contribution in [1.29, 1.82) is 0 Å².